The summed E-state index contributed by atoms with van der Waals surface area (Å²) in [6.45, 7) is 14.1. The molecule has 0 radical (unpaired) electrons. The molecule has 1 fully saturated rings. The van der Waals surface area contributed by atoms with Gasteiger partial charge in [0.1, 0.15) is 18.8 Å². The number of rotatable bonds is 10. The van der Waals surface area contributed by atoms with E-state index in [1.165, 1.54) is 24.3 Å². The van der Waals surface area contributed by atoms with Crippen LogP contribution in [0.15, 0.2) is 24.3 Å². The average molecular weight is 479 g/mol. The quantitative estimate of drug-likeness (QED) is 0.136. The molecule has 4 atom stereocenters. The molecule has 9 nitrogen and oxygen atoms in total. The van der Waals surface area contributed by atoms with E-state index in [9.17, 15) is 24.5 Å². The van der Waals surface area contributed by atoms with E-state index in [4.69, 9.17) is 9.16 Å². The normalized spacial score (nSPS) is 20.3. The van der Waals surface area contributed by atoms with Gasteiger partial charge in [-0.25, -0.2) is 0 Å². The van der Waals surface area contributed by atoms with Gasteiger partial charge in [-0.2, -0.15) is 0 Å². The van der Waals surface area contributed by atoms with Gasteiger partial charge in [0, 0.05) is 18.1 Å². The van der Waals surface area contributed by atoms with Crippen LogP contribution in [0.5, 0.6) is 0 Å². The van der Waals surface area contributed by atoms with E-state index in [0.717, 1.165) is 0 Å². The number of nitrogens with zero attached hydrogens (tertiary/aromatic N) is 1. The second kappa shape index (κ2) is 10.1. The largest absolute Gasteiger partial charge is 0.460 e. The van der Waals surface area contributed by atoms with Crippen molar-refractivity contribution in [2.75, 3.05) is 0 Å². The van der Waals surface area contributed by atoms with Gasteiger partial charge in [0.15, 0.2) is 8.32 Å². The lowest BCUT2D eigenvalue weighted by atomic mass is 9.77. The number of hydrogen-bond acceptors (Lipinski definition) is 7. The Bertz CT molecular complexity index is 908. The van der Waals surface area contributed by atoms with Crippen LogP contribution in [0.2, 0.25) is 18.1 Å². The average Bonchev–Trinajstić information content (AvgIpc) is 2.68. The summed E-state index contributed by atoms with van der Waals surface area (Å²) in [7, 11) is -2.09. The fourth-order valence-corrected chi connectivity index (χ4v) is 4.93. The Balaban J connectivity index is 1.90. The molecule has 182 valence electrons. The SMILES string of the molecule is CC(O[Si](C)(C)C(C)(C)C)C1C(=O)NC1C(C)C(=O)CC(=O)OCc1ccc([N+](=O)[O-])cc1. The Morgan fingerprint density at radius 3 is 2.24 bits per heavy atom. The third kappa shape index (κ3) is 6.48. The number of β-lactam (4-membered cyclic amide) rings is 1. The molecule has 2 rings (SSSR count). The molecular weight excluding hydrogens is 444 g/mol. The molecule has 4 unspecified atom stereocenters. The van der Waals surface area contributed by atoms with E-state index in [1.54, 1.807) is 6.92 Å². The summed E-state index contributed by atoms with van der Waals surface area (Å²) in [5.74, 6) is -2.16. The topological polar surface area (TPSA) is 125 Å². The first-order chi connectivity index (χ1) is 15.1. The van der Waals surface area contributed by atoms with Crippen molar-refractivity contribution in [2.45, 2.75) is 77.9 Å². The second-order valence-corrected chi connectivity index (χ2v) is 14.9. The number of non-ortho nitro benzene ring substituents is 1. The lowest BCUT2D eigenvalue weighted by molar-refractivity contribution is -0.384. The number of hydrogen-bond donors (Lipinski definition) is 1. The molecule has 0 bridgehead atoms. The number of esters is 1. The van der Waals surface area contributed by atoms with E-state index in [2.05, 4.69) is 39.2 Å². The molecule has 1 amide bonds. The van der Waals surface area contributed by atoms with Gasteiger partial charge < -0.3 is 14.5 Å². The lowest BCUT2D eigenvalue weighted by Crippen LogP contribution is -2.66. The monoisotopic (exact) mass is 478 g/mol. The molecule has 1 aliphatic rings. The maximum Gasteiger partial charge on any atom is 0.313 e. The van der Waals surface area contributed by atoms with Gasteiger partial charge in [0.25, 0.3) is 5.69 Å². The molecule has 10 heteroatoms. The van der Waals surface area contributed by atoms with Gasteiger partial charge in [-0.05, 0) is 42.8 Å². The molecule has 0 aliphatic carbocycles. The summed E-state index contributed by atoms with van der Waals surface area (Å²) < 4.78 is 11.5. The van der Waals surface area contributed by atoms with E-state index >= 15 is 0 Å². The van der Waals surface area contributed by atoms with Crippen LogP contribution in [0.1, 0.15) is 46.6 Å². The van der Waals surface area contributed by atoms with Crippen molar-refractivity contribution in [2.24, 2.45) is 11.8 Å². The van der Waals surface area contributed by atoms with Crippen LogP contribution >= 0.6 is 0 Å². The van der Waals surface area contributed by atoms with Crippen LogP contribution in [0, 0.1) is 22.0 Å². The summed E-state index contributed by atoms with van der Waals surface area (Å²) in [4.78, 5) is 47.3. The predicted molar refractivity (Wildman–Crippen MR) is 125 cm³/mol. The number of benzene rings is 1. The standard InChI is InChI=1S/C23H34N2O7Si/c1-14(21-20(22(28)24-21)15(2)32-33(6,7)23(3,4)5)18(26)12-19(27)31-13-16-8-10-17(11-9-16)25(29)30/h8-11,14-15,20-21H,12-13H2,1-7H3,(H,24,28). The molecule has 1 aromatic carbocycles. The summed E-state index contributed by atoms with van der Waals surface area (Å²) in [5, 5.41) is 13.5. The highest BCUT2D eigenvalue weighted by Crippen LogP contribution is 2.39. The third-order valence-electron chi connectivity index (χ3n) is 6.70. The minimum Gasteiger partial charge on any atom is -0.460 e. The Morgan fingerprint density at radius 1 is 1.18 bits per heavy atom. The number of nitrogens with one attached hydrogen (secondary N) is 1. The maximum atomic E-state index is 12.7. The Kier molecular flexibility index (Phi) is 8.18. The van der Waals surface area contributed by atoms with Crippen LogP contribution in [-0.4, -0.2) is 43.0 Å². The minimum absolute atomic E-state index is 0.00809. The molecule has 1 aliphatic heterocycles. The Labute approximate surface area is 195 Å². The van der Waals surface area contributed by atoms with Crippen LogP contribution in [-0.2, 0) is 30.2 Å². The van der Waals surface area contributed by atoms with Crippen molar-refractivity contribution in [3.8, 4) is 0 Å². The highest BCUT2D eigenvalue weighted by molar-refractivity contribution is 6.74. The van der Waals surface area contributed by atoms with Crippen LogP contribution in [0.3, 0.4) is 0 Å². The molecule has 1 heterocycles. The number of carbonyl (C=O) groups is 3. The van der Waals surface area contributed by atoms with Gasteiger partial charge >= 0.3 is 5.97 Å². The van der Waals surface area contributed by atoms with Crippen molar-refractivity contribution in [1.29, 1.82) is 0 Å². The minimum atomic E-state index is -2.09. The second-order valence-electron chi connectivity index (χ2n) is 10.2. The fourth-order valence-electron chi connectivity index (χ4n) is 3.51. The zero-order valence-electron chi connectivity index (χ0n) is 20.3. The zero-order chi connectivity index (χ0) is 25.1. The van der Waals surface area contributed by atoms with Crippen molar-refractivity contribution in [1.82, 2.24) is 5.32 Å². The van der Waals surface area contributed by atoms with Crippen LogP contribution in [0.4, 0.5) is 5.69 Å². The van der Waals surface area contributed by atoms with Gasteiger partial charge in [-0.3, -0.25) is 24.5 Å². The van der Waals surface area contributed by atoms with E-state index in [0.29, 0.717) is 5.56 Å². The highest BCUT2D eigenvalue weighted by Gasteiger charge is 2.50. The first-order valence-corrected chi connectivity index (χ1v) is 13.9. The van der Waals surface area contributed by atoms with Crippen molar-refractivity contribution >= 4 is 31.7 Å². The molecule has 0 spiro atoms. The fraction of sp³-hybridized carbons (Fsp3) is 0.609. The Morgan fingerprint density at radius 2 is 1.76 bits per heavy atom. The molecule has 1 aromatic rings. The number of ketones is 1. The van der Waals surface area contributed by atoms with Crippen LogP contribution in [0.25, 0.3) is 0 Å². The number of Topliss-reactive ketones (excluding diaryl/α,β-unsaturated/α-hetero) is 1. The van der Waals surface area contributed by atoms with Gasteiger partial charge in [-0.15, -0.1) is 0 Å². The highest BCUT2D eigenvalue weighted by atomic mass is 28.4. The van der Waals surface area contributed by atoms with Gasteiger partial charge in [0.2, 0.25) is 5.91 Å². The third-order valence-corrected chi connectivity index (χ3v) is 11.3. The lowest BCUT2D eigenvalue weighted by Gasteiger charge is -2.46. The summed E-state index contributed by atoms with van der Waals surface area (Å²) >= 11 is 0. The van der Waals surface area contributed by atoms with E-state index in [1.807, 2.05) is 6.92 Å². The van der Waals surface area contributed by atoms with E-state index in [-0.39, 0.29) is 35.1 Å². The van der Waals surface area contributed by atoms with Gasteiger partial charge in [0.05, 0.1) is 23.0 Å². The molecule has 1 N–H and O–H groups in total. The number of amides is 1. The van der Waals surface area contributed by atoms with Crippen LogP contribution < -0.4 is 5.32 Å². The molecule has 1 saturated heterocycles. The Hall–Kier alpha value is -2.59. The predicted octanol–water partition coefficient (Wildman–Crippen LogP) is 3.76. The van der Waals surface area contributed by atoms with E-state index < -0.39 is 43.5 Å². The number of nitro benzene ring substituents is 1. The zero-order valence-corrected chi connectivity index (χ0v) is 21.3. The summed E-state index contributed by atoms with van der Waals surface area (Å²) in [6, 6.07) is 5.24. The summed E-state index contributed by atoms with van der Waals surface area (Å²) in [5.41, 5.74) is 0.523. The number of carbonyl (C=O) groups excluding carboxylic acids is 3. The molecule has 0 aromatic heterocycles. The summed E-state index contributed by atoms with van der Waals surface area (Å²) in [6.07, 6.45) is -0.751. The number of ether oxygens (including phenoxy) is 1. The smallest absolute Gasteiger partial charge is 0.313 e. The van der Waals surface area contributed by atoms with Crippen molar-refractivity contribution in [3.63, 3.8) is 0 Å². The van der Waals surface area contributed by atoms with Crippen molar-refractivity contribution < 1.29 is 28.5 Å². The maximum absolute atomic E-state index is 12.7. The number of nitro groups is 1. The molecule has 33 heavy (non-hydrogen) atoms. The first-order valence-electron chi connectivity index (χ1n) is 11.0. The molecular formula is C23H34N2O7Si. The van der Waals surface area contributed by atoms with Crippen molar-refractivity contribution in [3.05, 3.63) is 39.9 Å². The van der Waals surface area contributed by atoms with Gasteiger partial charge in [-0.1, -0.05) is 27.7 Å². The molecule has 0 saturated carbocycles. The first kappa shape index (κ1) is 26.7.